The van der Waals surface area contributed by atoms with Gasteiger partial charge in [-0.25, -0.2) is 0 Å². The first-order chi connectivity index (χ1) is 8.50. The molecule has 0 amide bonds. The number of hydrogen-bond acceptors (Lipinski definition) is 4. The Morgan fingerprint density at radius 2 is 2.28 bits per heavy atom. The summed E-state index contributed by atoms with van der Waals surface area (Å²) >= 11 is 5.30. The number of likely N-dealkylation sites (N-methyl/N-ethyl adjacent to an activating group) is 1. The highest BCUT2D eigenvalue weighted by atomic mass is 79.9. The Kier molecular flexibility index (Phi) is 4.83. The maximum absolute atomic E-state index is 6.20. The molecule has 2 N–H and O–H groups in total. The number of halogens is 1. The first kappa shape index (κ1) is 14.5. The molecule has 0 saturated carbocycles. The zero-order valence-corrected chi connectivity index (χ0v) is 13.5. The molecular formula is C13H21BrN2OS. The zero-order valence-electron chi connectivity index (χ0n) is 11.1. The summed E-state index contributed by atoms with van der Waals surface area (Å²) in [7, 11) is 2.16. The largest absolute Gasteiger partial charge is 0.377 e. The lowest BCUT2D eigenvalue weighted by Crippen LogP contribution is -2.45. The maximum Gasteiger partial charge on any atom is 0.0703 e. The van der Waals surface area contributed by atoms with Gasteiger partial charge in [-0.2, -0.15) is 0 Å². The molecular weight excluding hydrogens is 312 g/mol. The predicted octanol–water partition coefficient (Wildman–Crippen LogP) is 3.01. The smallest absolute Gasteiger partial charge is 0.0703 e. The lowest BCUT2D eigenvalue weighted by molar-refractivity contribution is 0.0633. The van der Waals surface area contributed by atoms with Gasteiger partial charge in [0.15, 0.2) is 0 Å². The van der Waals surface area contributed by atoms with E-state index < -0.39 is 0 Å². The highest BCUT2D eigenvalue weighted by molar-refractivity contribution is 9.11. The van der Waals surface area contributed by atoms with E-state index in [1.807, 2.05) is 0 Å². The summed E-state index contributed by atoms with van der Waals surface area (Å²) in [5.74, 6) is 0. The highest BCUT2D eigenvalue weighted by Crippen LogP contribution is 2.34. The van der Waals surface area contributed by atoms with E-state index in [1.54, 1.807) is 11.3 Å². The quantitative estimate of drug-likeness (QED) is 0.921. The third kappa shape index (κ3) is 2.96. The number of nitrogens with two attached hydrogens (primary N) is 1. The van der Waals surface area contributed by atoms with E-state index in [0.717, 1.165) is 16.8 Å². The average Bonchev–Trinajstić information content (AvgIpc) is 2.87. The normalized spacial score (nSPS) is 27.7. The van der Waals surface area contributed by atoms with Gasteiger partial charge < -0.3 is 10.5 Å². The van der Waals surface area contributed by atoms with Gasteiger partial charge in [0.1, 0.15) is 0 Å². The topological polar surface area (TPSA) is 38.5 Å². The molecule has 4 atom stereocenters. The number of rotatable bonds is 4. The number of ether oxygens (including phenoxy) is 1. The molecule has 0 radical (unpaired) electrons. The minimum atomic E-state index is 0.105. The summed E-state index contributed by atoms with van der Waals surface area (Å²) in [6.45, 7) is 5.09. The van der Waals surface area contributed by atoms with Crippen molar-refractivity contribution >= 4 is 27.3 Å². The summed E-state index contributed by atoms with van der Waals surface area (Å²) in [6, 6.07) is 5.09. The van der Waals surface area contributed by atoms with Crippen molar-refractivity contribution in [2.45, 2.75) is 44.5 Å². The van der Waals surface area contributed by atoms with Gasteiger partial charge in [0, 0.05) is 23.6 Å². The fraction of sp³-hybridized carbons (Fsp3) is 0.692. The molecule has 1 aliphatic heterocycles. The van der Waals surface area contributed by atoms with Crippen molar-refractivity contribution in [3.63, 3.8) is 0 Å². The van der Waals surface area contributed by atoms with Crippen molar-refractivity contribution in [3.05, 3.63) is 20.8 Å². The van der Waals surface area contributed by atoms with Gasteiger partial charge >= 0.3 is 0 Å². The van der Waals surface area contributed by atoms with Gasteiger partial charge in [-0.1, -0.05) is 0 Å². The van der Waals surface area contributed by atoms with Gasteiger partial charge in [-0.05, 0) is 55.4 Å². The minimum Gasteiger partial charge on any atom is -0.377 e. The standard InChI is InChI=1S/C13H21BrN2OS/c1-8(15)13(11-4-5-12(14)18-11)16(3)10-6-7-17-9(10)2/h4-5,8-10,13H,6-7,15H2,1-3H3. The summed E-state index contributed by atoms with van der Waals surface area (Å²) in [6.07, 6.45) is 1.38. The van der Waals surface area contributed by atoms with E-state index in [9.17, 15) is 0 Å². The van der Waals surface area contributed by atoms with Gasteiger partial charge in [-0.15, -0.1) is 11.3 Å². The third-order valence-electron chi connectivity index (χ3n) is 3.68. The lowest BCUT2D eigenvalue weighted by atomic mass is 10.0. The Hall–Kier alpha value is 0.0600. The predicted molar refractivity (Wildman–Crippen MR) is 80.0 cm³/mol. The van der Waals surface area contributed by atoms with Gasteiger partial charge in [-0.3, -0.25) is 4.90 Å². The molecule has 4 unspecified atom stereocenters. The lowest BCUT2D eigenvalue weighted by Gasteiger charge is -2.36. The fourth-order valence-electron chi connectivity index (χ4n) is 2.78. The number of thiophene rings is 1. The minimum absolute atomic E-state index is 0.105. The molecule has 0 aliphatic carbocycles. The summed E-state index contributed by atoms with van der Waals surface area (Å²) in [5, 5.41) is 0. The van der Waals surface area contributed by atoms with E-state index in [0.29, 0.717) is 12.1 Å². The van der Waals surface area contributed by atoms with Gasteiger partial charge in [0.25, 0.3) is 0 Å². The molecule has 0 spiro atoms. The Morgan fingerprint density at radius 1 is 1.56 bits per heavy atom. The number of nitrogens with zero attached hydrogens (tertiary/aromatic N) is 1. The van der Waals surface area contributed by atoms with Crippen molar-refractivity contribution < 1.29 is 4.74 Å². The van der Waals surface area contributed by atoms with Crippen LogP contribution in [0, 0.1) is 0 Å². The van der Waals surface area contributed by atoms with E-state index >= 15 is 0 Å². The Balaban J connectivity index is 2.19. The molecule has 5 heteroatoms. The Bertz CT molecular complexity index is 396. The first-order valence-electron chi connectivity index (χ1n) is 6.35. The molecule has 2 rings (SSSR count). The van der Waals surface area contributed by atoms with Crippen LogP contribution in [0.25, 0.3) is 0 Å². The highest BCUT2D eigenvalue weighted by Gasteiger charge is 2.34. The van der Waals surface area contributed by atoms with Crippen molar-refractivity contribution in [1.29, 1.82) is 0 Å². The van der Waals surface area contributed by atoms with Crippen molar-refractivity contribution in [1.82, 2.24) is 4.90 Å². The fourth-order valence-corrected chi connectivity index (χ4v) is 4.47. The second kappa shape index (κ2) is 6.01. The van der Waals surface area contributed by atoms with Crippen LogP contribution in [0.1, 0.15) is 31.2 Å². The van der Waals surface area contributed by atoms with Gasteiger partial charge in [0.05, 0.1) is 15.9 Å². The monoisotopic (exact) mass is 332 g/mol. The van der Waals surface area contributed by atoms with Crippen LogP contribution in [0.4, 0.5) is 0 Å². The summed E-state index contributed by atoms with van der Waals surface area (Å²) in [4.78, 5) is 3.71. The zero-order chi connectivity index (χ0) is 13.3. The summed E-state index contributed by atoms with van der Waals surface area (Å²) in [5.41, 5.74) is 6.20. The van der Waals surface area contributed by atoms with Crippen LogP contribution in [0.5, 0.6) is 0 Å². The van der Waals surface area contributed by atoms with Crippen molar-refractivity contribution in [3.8, 4) is 0 Å². The molecule has 1 aliphatic rings. The molecule has 1 fully saturated rings. The molecule has 18 heavy (non-hydrogen) atoms. The maximum atomic E-state index is 6.20. The Labute approximate surface area is 121 Å². The van der Waals surface area contributed by atoms with E-state index in [2.05, 4.69) is 53.9 Å². The Morgan fingerprint density at radius 3 is 2.72 bits per heavy atom. The molecule has 0 aromatic carbocycles. The van der Waals surface area contributed by atoms with Crippen LogP contribution in [-0.2, 0) is 4.74 Å². The van der Waals surface area contributed by atoms with Crippen molar-refractivity contribution in [2.24, 2.45) is 5.73 Å². The van der Waals surface area contributed by atoms with E-state index in [1.165, 1.54) is 4.88 Å². The molecule has 1 aromatic rings. The van der Waals surface area contributed by atoms with Crippen LogP contribution < -0.4 is 5.73 Å². The van der Waals surface area contributed by atoms with E-state index in [4.69, 9.17) is 10.5 Å². The van der Waals surface area contributed by atoms with Crippen LogP contribution in [0.15, 0.2) is 15.9 Å². The first-order valence-corrected chi connectivity index (χ1v) is 7.96. The SMILES string of the molecule is CC(N)C(c1ccc(Br)s1)N(C)C1CCOC1C. The van der Waals surface area contributed by atoms with Crippen LogP contribution in [-0.4, -0.2) is 36.7 Å². The van der Waals surface area contributed by atoms with Crippen LogP contribution in [0.3, 0.4) is 0 Å². The van der Waals surface area contributed by atoms with E-state index in [-0.39, 0.29) is 12.1 Å². The summed E-state index contributed by atoms with van der Waals surface area (Å²) < 4.78 is 6.83. The van der Waals surface area contributed by atoms with Gasteiger partial charge in [0.2, 0.25) is 0 Å². The molecule has 102 valence electrons. The molecule has 3 nitrogen and oxygen atoms in total. The molecule has 0 bridgehead atoms. The number of hydrogen-bond donors (Lipinski definition) is 1. The van der Waals surface area contributed by atoms with Crippen LogP contribution in [0.2, 0.25) is 0 Å². The van der Waals surface area contributed by atoms with Crippen LogP contribution >= 0.6 is 27.3 Å². The molecule has 2 heterocycles. The molecule has 1 aromatic heterocycles. The second-order valence-electron chi connectivity index (χ2n) is 5.04. The average molecular weight is 333 g/mol. The third-order valence-corrected chi connectivity index (χ3v) is 5.38. The van der Waals surface area contributed by atoms with Crippen molar-refractivity contribution in [2.75, 3.05) is 13.7 Å². The second-order valence-corrected chi connectivity index (χ2v) is 7.54. The molecule has 1 saturated heterocycles.